The van der Waals surface area contributed by atoms with Crippen LogP contribution in [0.4, 0.5) is 11.5 Å². The summed E-state index contributed by atoms with van der Waals surface area (Å²) in [6.45, 7) is 3.60. The molecule has 0 bridgehead atoms. The number of nitrogen functional groups attached to an aromatic ring is 1. The van der Waals surface area contributed by atoms with Crippen LogP contribution in [0.5, 0.6) is 0 Å². The van der Waals surface area contributed by atoms with Gasteiger partial charge in [-0.25, -0.2) is 4.98 Å². The summed E-state index contributed by atoms with van der Waals surface area (Å²) >= 11 is 0. The molecule has 0 amide bonds. The van der Waals surface area contributed by atoms with Crippen molar-refractivity contribution in [2.45, 2.75) is 26.3 Å². The maximum Gasteiger partial charge on any atom is 0.132 e. The van der Waals surface area contributed by atoms with Crippen molar-refractivity contribution >= 4 is 11.5 Å². The summed E-state index contributed by atoms with van der Waals surface area (Å²) in [4.78, 5) is 6.97. The lowest BCUT2D eigenvalue weighted by Crippen LogP contribution is -2.12. The molecule has 1 aromatic heterocycles. The monoisotopic (exact) mass is 280 g/mol. The standard InChI is InChI=1S/C17H20N4/c1-4-9-21-15(5-2)19-16(17(21)18)13-6-7-14-12(11-13)8-10-20(14)3/h1,6-7,11H,5,8-10,18H2,2-3H3. The van der Waals surface area contributed by atoms with E-state index in [0.717, 1.165) is 36.5 Å². The first-order valence-electron chi connectivity index (χ1n) is 7.28. The lowest BCUT2D eigenvalue weighted by Gasteiger charge is -2.12. The highest BCUT2D eigenvalue weighted by molar-refractivity contribution is 5.75. The van der Waals surface area contributed by atoms with Crippen molar-refractivity contribution in [2.75, 3.05) is 24.2 Å². The van der Waals surface area contributed by atoms with Crippen LogP contribution >= 0.6 is 0 Å². The number of nitrogens with zero attached hydrogens (tertiary/aromatic N) is 3. The maximum atomic E-state index is 6.26. The second kappa shape index (κ2) is 5.17. The zero-order valence-electron chi connectivity index (χ0n) is 12.6. The van der Waals surface area contributed by atoms with E-state index >= 15 is 0 Å². The summed E-state index contributed by atoms with van der Waals surface area (Å²) in [6.07, 6.45) is 7.32. The molecule has 1 aliphatic rings. The van der Waals surface area contributed by atoms with Gasteiger partial charge in [0.05, 0.1) is 6.54 Å². The first-order valence-corrected chi connectivity index (χ1v) is 7.28. The molecule has 0 atom stereocenters. The highest BCUT2D eigenvalue weighted by atomic mass is 15.1. The Morgan fingerprint density at radius 3 is 2.95 bits per heavy atom. The number of likely N-dealkylation sites (N-methyl/N-ethyl adjacent to an activating group) is 1. The fourth-order valence-electron chi connectivity index (χ4n) is 2.98. The molecule has 4 nitrogen and oxygen atoms in total. The molecule has 0 radical (unpaired) electrons. The highest BCUT2D eigenvalue weighted by Crippen LogP contribution is 2.33. The molecule has 1 aromatic carbocycles. The lowest BCUT2D eigenvalue weighted by atomic mass is 10.1. The molecular weight excluding hydrogens is 260 g/mol. The molecular formula is C17H20N4. The summed E-state index contributed by atoms with van der Waals surface area (Å²) in [7, 11) is 2.12. The fourth-order valence-corrected chi connectivity index (χ4v) is 2.98. The third-order valence-corrected chi connectivity index (χ3v) is 4.13. The van der Waals surface area contributed by atoms with Crippen LogP contribution in [0.2, 0.25) is 0 Å². The lowest BCUT2D eigenvalue weighted by molar-refractivity contribution is 0.769. The van der Waals surface area contributed by atoms with Gasteiger partial charge in [-0.1, -0.05) is 18.9 Å². The SMILES string of the molecule is C#CCn1c(CC)nc(-c2ccc3c(c2)CCN3C)c1N. The number of hydrogen-bond acceptors (Lipinski definition) is 3. The van der Waals surface area contributed by atoms with Crippen LogP contribution < -0.4 is 10.6 Å². The van der Waals surface area contributed by atoms with E-state index in [1.165, 1.54) is 11.3 Å². The molecule has 108 valence electrons. The van der Waals surface area contributed by atoms with Gasteiger partial charge < -0.3 is 15.2 Å². The van der Waals surface area contributed by atoms with Gasteiger partial charge in [0, 0.05) is 31.3 Å². The Morgan fingerprint density at radius 2 is 2.24 bits per heavy atom. The number of hydrogen-bond donors (Lipinski definition) is 1. The van der Waals surface area contributed by atoms with Gasteiger partial charge in [-0.05, 0) is 24.1 Å². The third-order valence-electron chi connectivity index (χ3n) is 4.13. The van der Waals surface area contributed by atoms with Gasteiger partial charge in [-0.2, -0.15) is 0 Å². The molecule has 2 heterocycles. The Bertz CT molecular complexity index is 721. The van der Waals surface area contributed by atoms with E-state index < -0.39 is 0 Å². The highest BCUT2D eigenvalue weighted by Gasteiger charge is 2.19. The van der Waals surface area contributed by atoms with Crippen molar-refractivity contribution in [3.63, 3.8) is 0 Å². The van der Waals surface area contributed by atoms with Crippen LogP contribution in [0, 0.1) is 12.3 Å². The van der Waals surface area contributed by atoms with Gasteiger partial charge in [-0.15, -0.1) is 6.42 Å². The number of aromatic nitrogens is 2. The largest absolute Gasteiger partial charge is 0.383 e. The molecule has 1 aliphatic heterocycles. The quantitative estimate of drug-likeness (QED) is 0.878. The molecule has 0 saturated heterocycles. The molecule has 3 rings (SSSR count). The number of rotatable bonds is 3. The van der Waals surface area contributed by atoms with Crippen LogP contribution in [0.3, 0.4) is 0 Å². The Labute approximate surface area is 125 Å². The summed E-state index contributed by atoms with van der Waals surface area (Å²) in [5.74, 6) is 4.25. The maximum absolute atomic E-state index is 6.26. The van der Waals surface area contributed by atoms with E-state index in [9.17, 15) is 0 Å². The van der Waals surface area contributed by atoms with Crippen LogP contribution in [-0.2, 0) is 19.4 Å². The Balaban J connectivity index is 2.07. The molecule has 0 spiro atoms. The topological polar surface area (TPSA) is 47.1 Å². The minimum absolute atomic E-state index is 0.468. The van der Waals surface area contributed by atoms with Gasteiger partial charge in [0.2, 0.25) is 0 Å². The van der Waals surface area contributed by atoms with E-state index in [0.29, 0.717) is 12.4 Å². The predicted octanol–water partition coefficient (Wildman–Crippen LogP) is 2.32. The number of aryl methyl sites for hydroxylation is 1. The zero-order valence-corrected chi connectivity index (χ0v) is 12.6. The molecule has 2 N–H and O–H groups in total. The number of fused-ring (bicyclic) bond motifs is 1. The Kier molecular flexibility index (Phi) is 3.34. The summed E-state index contributed by atoms with van der Waals surface area (Å²) in [5, 5.41) is 0. The summed E-state index contributed by atoms with van der Waals surface area (Å²) < 4.78 is 1.93. The molecule has 0 unspecified atom stereocenters. The average Bonchev–Trinajstić information content (AvgIpc) is 3.01. The van der Waals surface area contributed by atoms with Crippen molar-refractivity contribution in [2.24, 2.45) is 0 Å². The van der Waals surface area contributed by atoms with Crippen LogP contribution in [0.1, 0.15) is 18.3 Å². The third kappa shape index (κ3) is 2.15. The second-order valence-electron chi connectivity index (χ2n) is 5.42. The minimum Gasteiger partial charge on any atom is -0.383 e. The molecule has 2 aromatic rings. The van der Waals surface area contributed by atoms with Crippen molar-refractivity contribution in [1.82, 2.24) is 9.55 Å². The van der Waals surface area contributed by atoms with E-state index in [2.05, 4.69) is 43.0 Å². The van der Waals surface area contributed by atoms with E-state index in [1.807, 2.05) is 4.57 Å². The van der Waals surface area contributed by atoms with Crippen molar-refractivity contribution in [1.29, 1.82) is 0 Å². The van der Waals surface area contributed by atoms with Gasteiger partial charge in [0.1, 0.15) is 17.3 Å². The number of imidazole rings is 1. The van der Waals surface area contributed by atoms with E-state index in [4.69, 9.17) is 17.1 Å². The van der Waals surface area contributed by atoms with Crippen LogP contribution in [0.25, 0.3) is 11.3 Å². The molecule has 4 heteroatoms. The van der Waals surface area contributed by atoms with Crippen LogP contribution in [-0.4, -0.2) is 23.1 Å². The van der Waals surface area contributed by atoms with Crippen molar-refractivity contribution in [3.05, 3.63) is 29.6 Å². The number of benzene rings is 1. The average molecular weight is 280 g/mol. The normalized spacial score (nSPS) is 13.3. The van der Waals surface area contributed by atoms with Crippen molar-refractivity contribution < 1.29 is 0 Å². The number of terminal acetylenes is 1. The first-order chi connectivity index (χ1) is 10.2. The molecule has 0 fully saturated rings. The summed E-state index contributed by atoms with van der Waals surface area (Å²) in [5.41, 5.74) is 10.8. The van der Waals surface area contributed by atoms with Crippen molar-refractivity contribution in [3.8, 4) is 23.6 Å². The van der Waals surface area contributed by atoms with Gasteiger partial charge in [0.15, 0.2) is 0 Å². The second-order valence-corrected chi connectivity index (χ2v) is 5.42. The molecule has 0 aliphatic carbocycles. The Hall–Kier alpha value is -2.41. The van der Waals surface area contributed by atoms with E-state index in [1.54, 1.807) is 0 Å². The predicted molar refractivity (Wildman–Crippen MR) is 87.3 cm³/mol. The minimum atomic E-state index is 0.468. The van der Waals surface area contributed by atoms with Crippen LogP contribution in [0.15, 0.2) is 18.2 Å². The van der Waals surface area contributed by atoms with Gasteiger partial charge in [0.25, 0.3) is 0 Å². The number of nitrogens with two attached hydrogens (primary N) is 1. The Morgan fingerprint density at radius 1 is 1.43 bits per heavy atom. The first kappa shape index (κ1) is 13.6. The summed E-state index contributed by atoms with van der Waals surface area (Å²) in [6, 6.07) is 6.46. The van der Waals surface area contributed by atoms with Gasteiger partial charge in [-0.3, -0.25) is 0 Å². The van der Waals surface area contributed by atoms with Gasteiger partial charge >= 0.3 is 0 Å². The van der Waals surface area contributed by atoms with E-state index in [-0.39, 0.29) is 0 Å². The fraction of sp³-hybridized carbons (Fsp3) is 0.353. The molecule has 0 saturated carbocycles. The smallest absolute Gasteiger partial charge is 0.132 e. The molecule has 21 heavy (non-hydrogen) atoms. The zero-order chi connectivity index (χ0) is 15.0. The number of anilines is 2.